The summed E-state index contributed by atoms with van der Waals surface area (Å²) in [6.07, 6.45) is -0.00568. The van der Waals surface area contributed by atoms with Crippen LogP contribution >= 0.6 is 12.2 Å². The molecule has 2 rings (SSSR count). The first-order chi connectivity index (χ1) is 9.80. The molecule has 1 N–H and O–H groups in total. The molecule has 2 heterocycles. The van der Waals surface area contributed by atoms with Crippen LogP contribution in [0.5, 0.6) is 0 Å². The lowest BCUT2D eigenvalue weighted by Crippen LogP contribution is -2.37. The largest absolute Gasteiger partial charge is 0.444 e. The van der Waals surface area contributed by atoms with E-state index in [9.17, 15) is 4.79 Å². The van der Waals surface area contributed by atoms with Crippen molar-refractivity contribution < 1.29 is 18.8 Å². The highest BCUT2D eigenvalue weighted by Gasteiger charge is 2.39. The molecule has 21 heavy (non-hydrogen) atoms. The molecule has 1 saturated heterocycles. The maximum absolute atomic E-state index is 12.3. The summed E-state index contributed by atoms with van der Waals surface area (Å²) in [5.41, 5.74) is 0.117. The van der Waals surface area contributed by atoms with Gasteiger partial charge in [0, 0.05) is 6.42 Å². The fourth-order valence-corrected chi connectivity index (χ4v) is 2.15. The van der Waals surface area contributed by atoms with Crippen molar-refractivity contribution in [3.05, 3.63) is 10.7 Å². The van der Waals surface area contributed by atoms with Crippen molar-refractivity contribution in [3.8, 4) is 0 Å². The van der Waals surface area contributed by atoms with E-state index < -0.39 is 17.7 Å². The summed E-state index contributed by atoms with van der Waals surface area (Å²) >= 11 is 4.87. The fourth-order valence-electron chi connectivity index (χ4n) is 2.02. The maximum Gasteiger partial charge on any atom is 0.411 e. The quantitative estimate of drug-likeness (QED) is 0.665. The lowest BCUT2D eigenvalue weighted by atomic mass is 10.2. The lowest BCUT2D eigenvalue weighted by molar-refractivity contribution is 0.0208. The predicted octanol–water partition coefficient (Wildman–Crippen LogP) is 2.42. The smallest absolute Gasteiger partial charge is 0.411 e. The van der Waals surface area contributed by atoms with Crippen molar-refractivity contribution in [2.24, 2.45) is 5.16 Å². The van der Waals surface area contributed by atoms with Gasteiger partial charge in [-0.1, -0.05) is 5.16 Å². The molecule has 0 radical (unpaired) electrons. The third-order valence-electron chi connectivity index (χ3n) is 2.75. The van der Waals surface area contributed by atoms with Gasteiger partial charge in [-0.25, -0.2) is 9.89 Å². The number of carbonyl (C=O) groups excluding carboxylic acids is 1. The number of nitrogens with one attached hydrogen (secondary N) is 1. The predicted molar refractivity (Wildman–Crippen MR) is 76.4 cm³/mol. The number of nitrogens with zero attached hydrogens (tertiary/aromatic N) is 3. The summed E-state index contributed by atoms with van der Waals surface area (Å²) in [5.74, 6) is 0.326. The minimum absolute atomic E-state index is 0.159. The molecule has 1 aromatic rings. The summed E-state index contributed by atoms with van der Waals surface area (Å²) in [4.78, 5) is 18.7. The first-order valence-electron chi connectivity index (χ1n) is 6.44. The molecular weight excluding hydrogens is 296 g/mol. The van der Waals surface area contributed by atoms with Crippen LogP contribution in [0, 0.1) is 4.84 Å². The lowest BCUT2D eigenvalue weighted by Gasteiger charge is -2.26. The van der Waals surface area contributed by atoms with Gasteiger partial charge in [-0.05, 0) is 33.0 Å². The van der Waals surface area contributed by atoms with Gasteiger partial charge in [0.1, 0.15) is 18.8 Å². The van der Waals surface area contributed by atoms with E-state index in [4.69, 9.17) is 26.2 Å². The number of amides is 1. The van der Waals surface area contributed by atoms with E-state index in [1.807, 2.05) is 0 Å². The normalized spacial score (nSPS) is 20.9. The maximum atomic E-state index is 12.3. The number of hydrogen-bond donors (Lipinski definition) is 1. The average molecular weight is 314 g/mol. The Balaban J connectivity index is 2.25. The van der Waals surface area contributed by atoms with Gasteiger partial charge in [-0.15, -0.1) is 5.10 Å². The molecule has 1 aliphatic rings. The summed E-state index contributed by atoms with van der Waals surface area (Å²) in [6.45, 7) is 5.71. The molecule has 8 nitrogen and oxygen atoms in total. The van der Waals surface area contributed by atoms with Crippen LogP contribution in [0.3, 0.4) is 0 Å². The number of rotatable bonds is 2. The van der Waals surface area contributed by atoms with Crippen molar-refractivity contribution in [3.63, 3.8) is 0 Å². The third-order valence-corrected chi connectivity index (χ3v) is 2.92. The molecule has 0 bridgehead atoms. The number of oxime groups is 1. The molecule has 0 aromatic carbocycles. The Morgan fingerprint density at radius 3 is 2.81 bits per heavy atom. The molecule has 1 fully saturated rings. The molecule has 1 aliphatic heterocycles. The highest BCUT2D eigenvalue weighted by Crippen LogP contribution is 2.31. The molecular formula is C12H18N4O4S. The number of carbonyl (C=O) groups is 1. The SMILES string of the molecule is CON=C1C[C@@H](c2n[nH]c(=S)o2)N(C(=O)OC(C)(C)C)C1. The van der Waals surface area contributed by atoms with Gasteiger partial charge in [0.2, 0.25) is 5.89 Å². The molecule has 1 aromatic heterocycles. The van der Waals surface area contributed by atoms with Crippen LogP contribution in [0.2, 0.25) is 0 Å². The second-order valence-electron chi connectivity index (χ2n) is 5.62. The van der Waals surface area contributed by atoms with Crippen molar-refractivity contribution in [1.29, 1.82) is 0 Å². The first kappa shape index (κ1) is 15.5. The van der Waals surface area contributed by atoms with E-state index in [0.29, 0.717) is 24.6 Å². The third kappa shape index (κ3) is 3.81. The number of ether oxygens (including phenoxy) is 1. The molecule has 0 saturated carbocycles. The molecule has 9 heteroatoms. The van der Waals surface area contributed by atoms with Gasteiger partial charge in [-0.2, -0.15) is 0 Å². The molecule has 116 valence electrons. The van der Waals surface area contributed by atoms with Gasteiger partial charge in [0.25, 0.3) is 4.84 Å². The molecule has 1 amide bonds. The summed E-state index contributed by atoms with van der Waals surface area (Å²) in [7, 11) is 1.46. The zero-order valence-corrected chi connectivity index (χ0v) is 13.2. The molecule has 0 unspecified atom stereocenters. The zero-order chi connectivity index (χ0) is 15.6. The van der Waals surface area contributed by atoms with E-state index >= 15 is 0 Å². The summed E-state index contributed by atoms with van der Waals surface area (Å²) < 4.78 is 10.7. The van der Waals surface area contributed by atoms with Crippen LogP contribution in [0.15, 0.2) is 9.57 Å². The minimum Gasteiger partial charge on any atom is -0.444 e. The van der Waals surface area contributed by atoms with E-state index in [-0.39, 0.29) is 4.84 Å². The Labute approximate surface area is 127 Å². The van der Waals surface area contributed by atoms with Crippen LogP contribution < -0.4 is 0 Å². The van der Waals surface area contributed by atoms with Gasteiger partial charge in [0.05, 0.1) is 12.3 Å². The zero-order valence-electron chi connectivity index (χ0n) is 12.4. The standard InChI is InChI=1S/C12H18N4O4S/c1-12(2,3)20-11(17)16-6-7(15-18-4)5-8(16)9-13-14-10(21)19-9/h8H,5-6H2,1-4H3,(H,14,21)/t8-/m0/s1. The molecule has 1 atom stereocenters. The number of aromatic amines is 1. The van der Waals surface area contributed by atoms with Gasteiger partial charge < -0.3 is 14.0 Å². The second-order valence-corrected chi connectivity index (χ2v) is 5.99. The minimum atomic E-state index is -0.589. The van der Waals surface area contributed by atoms with Crippen molar-refractivity contribution in [2.75, 3.05) is 13.7 Å². The molecule has 0 aliphatic carbocycles. The summed E-state index contributed by atoms with van der Waals surface area (Å²) in [6, 6.07) is -0.415. The van der Waals surface area contributed by atoms with E-state index in [0.717, 1.165) is 0 Å². The Bertz CT molecular complexity index is 601. The van der Waals surface area contributed by atoms with Gasteiger partial charge >= 0.3 is 6.09 Å². The highest BCUT2D eigenvalue weighted by molar-refractivity contribution is 7.71. The van der Waals surface area contributed by atoms with Crippen LogP contribution in [0.25, 0.3) is 0 Å². The van der Waals surface area contributed by atoms with E-state index in [2.05, 4.69) is 15.4 Å². The van der Waals surface area contributed by atoms with Gasteiger partial charge in [-0.3, -0.25) is 4.90 Å². The van der Waals surface area contributed by atoms with Crippen LogP contribution in [-0.4, -0.2) is 46.2 Å². The number of H-pyrrole nitrogens is 1. The van der Waals surface area contributed by atoms with Crippen LogP contribution in [-0.2, 0) is 9.57 Å². The van der Waals surface area contributed by atoms with Crippen molar-refractivity contribution >= 4 is 24.0 Å². The number of aromatic nitrogens is 2. The summed E-state index contributed by atoms with van der Waals surface area (Å²) in [5, 5.41) is 10.4. The van der Waals surface area contributed by atoms with E-state index in [1.54, 1.807) is 20.8 Å². The van der Waals surface area contributed by atoms with Crippen molar-refractivity contribution in [1.82, 2.24) is 15.1 Å². The van der Waals surface area contributed by atoms with E-state index in [1.165, 1.54) is 12.0 Å². The number of likely N-dealkylation sites (tertiary alicyclic amines) is 1. The van der Waals surface area contributed by atoms with Crippen LogP contribution in [0.4, 0.5) is 4.79 Å². The van der Waals surface area contributed by atoms with Crippen LogP contribution in [0.1, 0.15) is 39.1 Å². The Morgan fingerprint density at radius 2 is 2.29 bits per heavy atom. The van der Waals surface area contributed by atoms with Crippen molar-refractivity contribution in [2.45, 2.75) is 38.8 Å². The fraction of sp³-hybridized carbons (Fsp3) is 0.667. The monoisotopic (exact) mass is 314 g/mol. The Kier molecular flexibility index (Phi) is 4.31. The second kappa shape index (κ2) is 5.84. The molecule has 0 spiro atoms. The highest BCUT2D eigenvalue weighted by atomic mass is 32.1. The number of hydrogen-bond acceptors (Lipinski definition) is 7. The first-order valence-corrected chi connectivity index (χ1v) is 6.85. The Hall–Kier alpha value is -1.90. The Morgan fingerprint density at radius 1 is 1.57 bits per heavy atom. The van der Waals surface area contributed by atoms with Gasteiger partial charge in [0.15, 0.2) is 0 Å². The average Bonchev–Trinajstić information content (AvgIpc) is 2.93. The topological polar surface area (TPSA) is 93.0 Å².